The van der Waals surface area contributed by atoms with Crippen LogP contribution in [0.25, 0.3) is 0 Å². The van der Waals surface area contributed by atoms with Crippen LogP contribution in [0, 0.1) is 6.92 Å². The van der Waals surface area contributed by atoms with Gasteiger partial charge in [-0.25, -0.2) is 8.42 Å². The Morgan fingerprint density at radius 2 is 1.56 bits per heavy atom. The molecule has 236 valence electrons. The quantitative estimate of drug-likeness (QED) is 0.155. The van der Waals surface area contributed by atoms with E-state index in [-0.39, 0.29) is 39.5 Å². The molecule has 0 aliphatic heterocycles. The van der Waals surface area contributed by atoms with Crippen molar-refractivity contribution >= 4 is 66.7 Å². The molecule has 1 unspecified atom stereocenters. The summed E-state index contributed by atoms with van der Waals surface area (Å²) in [7, 11) is -4.25. The van der Waals surface area contributed by atoms with Gasteiger partial charge < -0.3 is 10.2 Å². The molecule has 11 heteroatoms. The molecule has 4 rings (SSSR count). The molecule has 4 aromatic rings. The summed E-state index contributed by atoms with van der Waals surface area (Å²) in [6.07, 6.45) is 0.941. The van der Waals surface area contributed by atoms with E-state index in [1.807, 2.05) is 68.4 Å². The Kier molecular flexibility index (Phi) is 12.1. The van der Waals surface area contributed by atoms with Gasteiger partial charge in [-0.1, -0.05) is 106 Å². The van der Waals surface area contributed by atoms with Crippen LogP contribution in [0.5, 0.6) is 0 Å². The van der Waals surface area contributed by atoms with Crippen molar-refractivity contribution in [2.24, 2.45) is 0 Å². The molecule has 1 atom stereocenters. The first-order valence-electron chi connectivity index (χ1n) is 14.4. The minimum Gasteiger partial charge on any atom is -0.354 e. The second kappa shape index (κ2) is 15.8. The maximum atomic E-state index is 14.5. The van der Waals surface area contributed by atoms with Crippen molar-refractivity contribution in [1.29, 1.82) is 0 Å². The van der Waals surface area contributed by atoms with Crippen LogP contribution in [-0.4, -0.2) is 44.3 Å². The monoisotopic (exact) mass is 729 g/mol. The summed E-state index contributed by atoms with van der Waals surface area (Å²) < 4.78 is 30.1. The van der Waals surface area contributed by atoms with Crippen LogP contribution in [0.15, 0.2) is 106 Å². The Hall–Kier alpha value is -3.37. The molecular formula is C34H34BrCl2N3O4S. The van der Waals surface area contributed by atoms with Gasteiger partial charge in [-0.2, -0.15) is 0 Å². The first kappa shape index (κ1) is 34.5. The van der Waals surface area contributed by atoms with E-state index in [0.29, 0.717) is 13.0 Å². The highest BCUT2D eigenvalue weighted by Gasteiger charge is 2.34. The molecule has 0 radical (unpaired) electrons. The Labute approximate surface area is 283 Å². The largest absolute Gasteiger partial charge is 0.354 e. The highest BCUT2D eigenvalue weighted by molar-refractivity contribution is 9.10. The van der Waals surface area contributed by atoms with Gasteiger partial charge >= 0.3 is 0 Å². The smallest absolute Gasteiger partial charge is 0.264 e. The van der Waals surface area contributed by atoms with Crippen LogP contribution in [0.2, 0.25) is 10.0 Å². The topological polar surface area (TPSA) is 86.8 Å². The maximum absolute atomic E-state index is 14.5. The van der Waals surface area contributed by atoms with Crippen molar-refractivity contribution in [3.05, 3.63) is 128 Å². The number of aryl methyl sites for hydroxylation is 1. The standard InChI is InChI=1S/C34H34BrCl2N3O4S/c1-3-18-38-34(42)32(20-25-8-5-4-6-9-25)39(22-26-10-7-11-27(35)19-26)33(41)23-40(28-14-17-30(36)31(37)21-28)45(43,44)29-15-12-24(2)13-16-29/h4-17,19,21,32H,3,18,20,22-23H2,1-2H3,(H,38,42). The van der Waals surface area contributed by atoms with E-state index in [9.17, 15) is 18.0 Å². The Balaban J connectivity index is 1.81. The van der Waals surface area contributed by atoms with Crippen LogP contribution in [0.4, 0.5) is 5.69 Å². The molecule has 0 aliphatic rings. The molecule has 0 aromatic heterocycles. The lowest BCUT2D eigenvalue weighted by molar-refractivity contribution is -0.140. The molecule has 7 nitrogen and oxygen atoms in total. The normalized spacial score (nSPS) is 11.9. The van der Waals surface area contributed by atoms with Crippen LogP contribution >= 0.6 is 39.1 Å². The number of nitrogens with one attached hydrogen (secondary N) is 1. The van der Waals surface area contributed by atoms with Crippen molar-refractivity contribution in [2.75, 3.05) is 17.4 Å². The van der Waals surface area contributed by atoms with Crippen LogP contribution < -0.4 is 9.62 Å². The number of amides is 2. The van der Waals surface area contributed by atoms with Crippen molar-refractivity contribution in [1.82, 2.24) is 10.2 Å². The predicted octanol–water partition coefficient (Wildman–Crippen LogP) is 7.43. The molecular weight excluding hydrogens is 697 g/mol. The van der Waals surface area contributed by atoms with Crippen molar-refractivity contribution in [3.8, 4) is 0 Å². The number of sulfonamides is 1. The summed E-state index contributed by atoms with van der Waals surface area (Å²) in [5.74, 6) is -0.893. The van der Waals surface area contributed by atoms with Crippen LogP contribution in [-0.2, 0) is 32.6 Å². The van der Waals surface area contributed by atoms with Crippen LogP contribution in [0.3, 0.4) is 0 Å². The maximum Gasteiger partial charge on any atom is 0.264 e. The number of carbonyl (C=O) groups excluding carboxylic acids is 2. The van der Waals surface area contributed by atoms with Gasteiger partial charge in [0.15, 0.2) is 0 Å². The average molecular weight is 732 g/mol. The van der Waals surface area contributed by atoms with Gasteiger partial charge in [0.25, 0.3) is 10.0 Å². The SMILES string of the molecule is CCCNC(=O)C(Cc1ccccc1)N(Cc1cccc(Br)c1)C(=O)CN(c1ccc(Cl)c(Cl)c1)S(=O)(=O)c1ccc(C)cc1. The first-order valence-corrected chi connectivity index (χ1v) is 17.4. The number of carbonyl (C=O) groups is 2. The summed E-state index contributed by atoms with van der Waals surface area (Å²) >= 11 is 16.0. The average Bonchev–Trinajstić information content (AvgIpc) is 3.02. The Morgan fingerprint density at radius 1 is 0.867 bits per heavy atom. The number of halogens is 3. The second-order valence-corrected chi connectivity index (χ2v) is 14.2. The van der Waals surface area contributed by atoms with Crippen molar-refractivity contribution < 1.29 is 18.0 Å². The van der Waals surface area contributed by atoms with Gasteiger partial charge in [0.2, 0.25) is 11.8 Å². The lowest BCUT2D eigenvalue weighted by Gasteiger charge is -2.34. The minimum absolute atomic E-state index is 0.00652. The Bertz CT molecular complexity index is 1740. The zero-order valence-electron chi connectivity index (χ0n) is 24.9. The fourth-order valence-corrected chi connectivity index (χ4v) is 6.90. The highest BCUT2D eigenvalue weighted by Crippen LogP contribution is 2.31. The number of rotatable bonds is 13. The predicted molar refractivity (Wildman–Crippen MR) is 184 cm³/mol. The molecule has 0 spiro atoms. The Morgan fingerprint density at radius 3 is 2.20 bits per heavy atom. The van der Waals surface area contributed by atoms with E-state index >= 15 is 0 Å². The van der Waals surface area contributed by atoms with Gasteiger partial charge in [0.1, 0.15) is 12.6 Å². The lowest BCUT2D eigenvalue weighted by Crippen LogP contribution is -2.53. The van der Waals surface area contributed by atoms with Gasteiger partial charge in [0.05, 0.1) is 20.6 Å². The minimum atomic E-state index is -4.25. The van der Waals surface area contributed by atoms with E-state index < -0.39 is 28.5 Å². The number of benzene rings is 4. The number of hydrogen-bond acceptors (Lipinski definition) is 4. The summed E-state index contributed by atoms with van der Waals surface area (Å²) in [6.45, 7) is 3.71. The number of anilines is 1. The second-order valence-electron chi connectivity index (χ2n) is 10.6. The lowest BCUT2D eigenvalue weighted by atomic mass is 10.0. The number of nitrogens with zero attached hydrogens (tertiary/aromatic N) is 2. The van der Waals surface area contributed by atoms with Crippen LogP contribution in [0.1, 0.15) is 30.0 Å². The molecule has 0 bridgehead atoms. The van der Waals surface area contributed by atoms with Gasteiger partial charge in [-0.3, -0.25) is 13.9 Å². The molecule has 2 amide bonds. The fraction of sp³-hybridized carbons (Fsp3) is 0.235. The molecule has 45 heavy (non-hydrogen) atoms. The van der Waals surface area contributed by atoms with Gasteiger partial charge in [-0.15, -0.1) is 0 Å². The molecule has 0 fully saturated rings. The van der Waals surface area contributed by atoms with E-state index in [2.05, 4.69) is 21.2 Å². The third kappa shape index (κ3) is 9.10. The molecule has 0 aliphatic carbocycles. The van der Waals surface area contributed by atoms with Gasteiger partial charge in [-0.05, 0) is 66.9 Å². The van der Waals surface area contributed by atoms with E-state index in [1.54, 1.807) is 12.1 Å². The van der Waals surface area contributed by atoms with E-state index in [4.69, 9.17) is 23.2 Å². The summed E-state index contributed by atoms with van der Waals surface area (Å²) in [4.78, 5) is 29.7. The van der Waals surface area contributed by atoms with Crippen molar-refractivity contribution in [2.45, 2.75) is 44.2 Å². The molecule has 4 aromatic carbocycles. The highest BCUT2D eigenvalue weighted by atomic mass is 79.9. The molecule has 0 saturated carbocycles. The third-order valence-corrected chi connectivity index (χ3v) is 10.2. The fourth-order valence-electron chi connectivity index (χ4n) is 4.76. The van der Waals surface area contributed by atoms with E-state index in [0.717, 1.165) is 25.5 Å². The summed E-state index contributed by atoms with van der Waals surface area (Å²) in [5.41, 5.74) is 2.67. The zero-order valence-corrected chi connectivity index (χ0v) is 28.8. The first-order chi connectivity index (χ1) is 21.5. The molecule has 1 N–H and O–H groups in total. The van der Waals surface area contributed by atoms with Gasteiger partial charge in [0, 0.05) is 24.0 Å². The summed E-state index contributed by atoms with van der Waals surface area (Å²) in [5, 5.41) is 3.32. The molecule has 0 heterocycles. The molecule has 0 saturated heterocycles. The number of hydrogen-bond donors (Lipinski definition) is 1. The van der Waals surface area contributed by atoms with Crippen molar-refractivity contribution in [3.63, 3.8) is 0 Å². The zero-order chi connectivity index (χ0) is 32.6. The summed E-state index contributed by atoms with van der Waals surface area (Å²) in [6, 6.07) is 26.7. The van der Waals surface area contributed by atoms with E-state index in [1.165, 1.54) is 35.2 Å². The third-order valence-electron chi connectivity index (χ3n) is 7.14.